The smallest absolute Gasteiger partial charge is 0.295 e. The van der Waals surface area contributed by atoms with E-state index in [1.165, 1.54) is 18.2 Å². The molecule has 1 fully saturated rings. The van der Waals surface area contributed by atoms with Crippen LogP contribution in [0.5, 0.6) is 0 Å². The number of allylic oxidation sites excluding steroid dienone is 1. The fourth-order valence-corrected chi connectivity index (χ4v) is 4.87. The molecule has 1 aliphatic carbocycles. The van der Waals surface area contributed by atoms with E-state index in [9.17, 15) is 41.7 Å². The Hall–Kier alpha value is -4.37. The highest BCUT2D eigenvalue weighted by atomic mass is 19.4. The van der Waals surface area contributed by atoms with Gasteiger partial charge in [0, 0.05) is 23.8 Å². The third kappa shape index (κ3) is 4.92. The molecule has 0 amide bonds. The Balaban J connectivity index is 1.88. The van der Waals surface area contributed by atoms with Gasteiger partial charge in [0.25, 0.3) is 0 Å². The minimum Gasteiger partial charge on any atom is -0.295 e. The van der Waals surface area contributed by atoms with Gasteiger partial charge in [0.05, 0.1) is 23.3 Å². The Bertz CT molecular complexity index is 1430. The van der Waals surface area contributed by atoms with Gasteiger partial charge in [-0.05, 0) is 47.0 Å². The summed E-state index contributed by atoms with van der Waals surface area (Å²) in [5.41, 5.74) is -2.69. The number of nitrogens with zero attached hydrogens (tertiary/aromatic N) is 2. The molecular formula is C29H18F6N2O. The zero-order valence-corrected chi connectivity index (χ0v) is 19.5. The van der Waals surface area contributed by atoms with Crippen LogP contribution < -0.4 is 0 Å². The van der Waals surface area contributed by atoms with Crippen LogP contribution in [0.15, 0.2) is 84.4 Å². The Morgan fingerprint density at radius 2 is 1.24 bits per heavy atom. The van der Waals surface area contributed by atoms with Gasteiger partial charge in [-0.3, -0.25) is 4.79 Å². The monoisotopic (exact) mass is 524 g/mol. The molecule has 0 aromatic heterocycles. The highest BCUT2D eigenvalue weighted by Gasteiger charge is 2.55. The van der Waals surface area contributed by atoms with Gasteiger partial charge >= 0.3 is 12.4 Å². The van der Waals surface area contributed by atoms with E-state index in [1.54, 1.807) is 30.3 Å². The number of Topliss-reactive ketones (excluding diaryl/α,β-unsaturated/α-hetero) is 1. The lowest BCUT2D eigenvalue weighted by molar-refractivity contribution is -0.138. The summed E-state index contributed by atoms with van der Waals surface area (Å²) in [6.45, 7) is 0. The summed E-state index contributed by atoms with van der Waals surface area (Å²) in [4.78, 5) is 13.5. The van der Waals surface area contributed by atoms with Gasteiger partial charge in [-0.1, -0.05) is 54.6 Å². The largest absolute Gasteiger partial charge is 0.416 e. The van der Waals surface area contributed by atoms with Crippen molar-refractivity contribution >= 4 is 11.9 Å². The molecule has 0 bridgehead atoms. The molecule has 38 heavy (non-hydrogen) atoms. The van der Waals surface area contributed by atoms with Crippen LogP contribution >= 0.6 is 0 Å². The second-order valence-electron chi connectivity index (χ2n) is 8.96. The van der Waals surface area contributed by atoms with E-state index < -0.39 is 46.5 Å². The number of carbonyl (C=O) groups excluding carboxylic acids is 1. The molecule has 2 atom stereocenters. The molecule has 0 saturated heterocycles. The van der Waals surface area contributed by atoms with Gasteiger partial charge in [-0.2, -0.15) is 36.9 Å². The van der Waals surface area contributed by atoms with Gasteiger partial charge in [0.2, 0.25) is 0 Å². The highest BCUT2D eigenvalue weighted by Crippen LogP contribution is 2.56. The Labute approximate surface area is 214 Å². The van der Waals surface area contributed by atoms with Crippen molar-refractivity contribution in [2.75, 3.05) is 0 Å². The van der Waals surface area contributed by atoms with Gasteiger partial charge < -0.3 is 0 Å². The molecule has 4 rings (SSSR count). The maximum Gasteiger partial charge on any atom is 0.416 e. The summed E-state index contributed by atoms with van der Waals surface area (Å²) < 4.78 is 78.4. The molecule has 3 nitrogen and oxygen atoms in total. The van der Waals surface area contributed by atoms with E-state index in [0.29, 0.717) is 5.56 Å². The molecule has 0 heterocycles. The Morgan fingerprint density at radius 1 is 0.737 bits per heavy atom. The lowest BCUT2D eigenvalue weighted by Gasteiger charge is -2.41. The quantitative estimate of drug-likeness (QED) is 0.261. The number of benzene rings is 3. The first-order valence-electron chi connectivity index (χ1n) is 11.4. The van der Waals surface area contributed by atoms with Crippen LogP contribution in [0.25, 0.3) is 6.08 Å². The average Bonchev–Trinajstić information content (AvgIpc) is 2.89. The zero-order chi connectivity index (χ0) is 27.7. The molecule has 9 heteroatoms. The van der Waals surface area contributed by atoms with Gasteiger partial charge in [-0.15, -0.1) is 0 Å². The van der Waals surface area contributed by atoms with E-state index in [4.69, 9.17) is 0 Å². The molecule has 0 radical (unpaired) electrons. The molecule has 1 saturated carbocycles. The molecular weight excluding hydrogens is 506 g/mol. The fraction of sp³-hybridized carbons (Fsp3) is 0.207. The Kier molecular flexibility index (Phi) is 6.90. The van der Waals surface area contributed by atoms with Crippen molar-refractivity contribution < 1.29 is 31.1 Å². The van der Waals surface area contributed by atoms with Crippen molar-refractivity contribution in [3.05, 3.63) is 112 Å². The topological polar surface area (TPSA) is 64.7 Å². The first-order chi connectivity index (χ1) is 17.9. The van der Waals surface area contributed by atoms with Crippen LogP contribution in [0.3, 0.4) is 0 Å². The van der Waals surface area contributed by atoms with E-state index in [-0.39, 0.29) is 23.1 Å². The van der Waals surface area contributed by atoms with E-state index >= 15 is 0 Å². The van der Waals surface area contributed by atoms with Crippen molar-refractivity contribution in [2.24, 2.45) is 5.41 Å². The number of nitriles is 2. The summed E-state index contributed by atoms with van der Waals surface area (Å²) in [5, 5.41) is 20.7. The second kappa shape index (κ2) is 9.83. The molecule has 0 spiro atoms. The predicted molar refractivity (Wildman–Crippen MR) is 126 cm³/mol. The summed E-state index contributed by atoms with van der Waals surface area (Å²) in [6.07, 6.45) is -8.12. The van der Waals surface area contributed by atoms with Crippen LogP contribution in [-0.2, 0) is 17.1 Å². The molecule has 0 unspecified atom stereocenters. The van der Waals surface area contributed by atoms with Crippen LogP contribution in [0.1, 0.15) is 46.1 Å². The maximum absolute atomic E-state index is 13.5. The number of carbonyl (C=O) groups is 1. The standard InChI is InChI=1S/C29H18F6N2O/c30-28(31,32)21-10-6-18(7-11-21)14-23-25(38)15-24(19-8-12-22(13-9-19)29(33,34)35)27(16-36,17-37)26(23)20-4-2-1-3-5-20/h1-14,24,26H,15H2/b23-14-/t24-,26+/m0/s1. The SMILES string of the molecule is N#CC1(C#N)[C@H](c2ccc(C(F)(F)F)cc2)CC(=O)/C(=C/c2ccc(C(F)(F)F)cc2)[C@H]1c1ccccc1. The zero-order valence-electron chi connectivity index (χ0n) is 19.5. The van der Waals surface area contributed by atoms with Crippen LogP contribution in [0.2, 0.25) is 0 Å². The maximum atomic E-state index is 13.5. The number of hydrogen-bond donors (Lipinski definition) is 0. The van der Waals surface area contributed by atoms with Gasteiger partial charge in [0.1, 0.15) is 0 Å². The number of hydrogen-bond acceptors (Lipinski definition) is 3. The molecule has 3 aromatic carbocycles. The van der Waals surface area contributed by atoms with Crippen molar-refractivity contribution in [1.82, 2.24) is 0 Å². The third-order valence-electron chi connectivity index (χ3n) is 6.73. The van der Waals surface area contributed by atoms with Gasteiger partial charge in [0.15, 0.2) is 11.2 Å². The molecule has 3 aromatic rings. The number of rotatable bonds is 3. The molecule has 0 N–H and O–H groups in total. The molecule has 192 valence electrons. The number of alkyl halides is 6. The minimum atomic E-state index is -4.59. The third-order valence-corrected chi connectivity index (χ3v) is 6.73. The van der Waals surface area contributed by atoms with Crippen molar-refractivity contribution in [1.29, 1.82) is 10.5 Å². The second-order valence-corrected chi connectivity index (χ2v) is 8.96. The van der Waals surface area contributed by atoms with Crippen LogP contribution in [0.4, 0.5) is 26.3 Å². The van der Waals surface area contributed by atoms with Crippen molar-refractivity contribution in [2.45, 2.75) is 30.6 Å². The molecule has 0 aliphatic heterocycles. The van der Waals surface area contributed by atoms with E-state index in [0.717, 1.165) is 36.4 Å². The van der Waals surface area contributed by atoms with Crippen LogP contribution in [-0.4, -0.2) is 5.78 Å². The average molecular weight is 524 g/mol. The minimum absolute atomic E-state index is 0.0576. The first-order valence-corrected chi connectivity index (χ1v) is 11.4. The first kappa shape index (κ1) is 26.7. The fourth-order valence-electron chi connectivity index (χ4n) is 4.87. The van der Waals surface area contributed by atoms with E-state index in [2.05, 4.69) is 0 Å². The van der Waals surface area contributed by atoms with Gasteiger partial charge in [-0.25, -0.2) is 0 Å². The van der Waals surface area contributed by atoms with Crippen LogP contribution in [0, 0.1) is 28.1 Å². The highest BCUT2D eigenvalue weighted by molar-refractivity contribution is 6.03. The summed E-state index contributed by atoms with van der Waals surface area (Å²) in [6, 6.07) is 20.4. The van der Waals surface area contributed by atoms with Crippen molar-refractivity contribution in [3.63, 3.8) is 0 Å². The lowest BCUT2D eigenvalue weighted by Crippen LogP contribution is -2.41. The molecule has 1 aliphatic rings. The lowest BCUT2D eigenvalue weighted by atomic mass is 9.55. The Morgan fingerprint density at radius 3 is 1.71 bits per heavy atom. The predicted octanol–water partition coefficient (Wildman–Crippen LogP) is 7.68. The van der Waals surface area contributed by atoms with E-state index in [1.807, 2.05) is 12.1 Å². The summed E-state index contributed by atoms with van der Waals surface area (Å²) >= 11 is 0. The summed E-state index contributed by atoms with van der Waals surface area (Å²) in [5.74, 6) is -2.64. The number of halogens is 6. The van der Waals surface area contributed by atoms with Crippen molar-refractivity contribution in [3.8, 4) is 12.1 Å². The summed E-state index contributed by atoms with van der Waals surface area (Å²) in [7, 11) is 0. The number of ketones is 1. The normalized spacial score (nSPS) is 20.5.